The van der Waals surface area contributed by atoms with E-state index in [0.29, 0.717) is 91.9 Å². The number of aliphatic hydroxyl groups is 1. The number of amides is 5. The molecule has 0 saturated carbocycles. The van der Waals surface area contributed by atoms with Crippen LogP contribution in [0.5, 0.6) is 0 Å². The van der Waals surface area contributed by atoms with Gasteiger partial charge in [0, 0.05) is 103 Å². The van der Waals surface area contributed by atoms with Crippen molar-refractivity contribution in [2.75, 3.05) is 59.7 Å². The van der Waals surface area contributed by atoms with Crippen LogP contribution in [0.2, 0.25) is 0 Å². The summed E-state index contributed by atoms with van der Waals surface area (Å²) in [7, 11) is 0. The molecule has 0 radical (unpaired) electrons. The van der Waals surface area contributed by atoms with E-state index in [4.69, 9.17) is 0 Å². The number of benzene rings is 2. The van der Waals surface area contributed by atoms with Crippen molar-refractivity contribution in [1.29, 1.82) is 0 Å². The molecule has 4 fully saturated rings. The van der Waals surface area contributed by atoms with E-state index in [-0.39, 0.29) is 47.7 Å². The lowest BCUT2D eigenvalue weighted by atomic mass is 9.72. The molecule has 0 bridgehead atoms. The number of nitrogens with one attached hydrogen (secondary N) is 3. The zero-order valence-corrected chi connectivity index (χ0v) is 37.2. The Morgan fingerprint density at radius 1 is 0.925 bits per heavy atom. The van der Waals surface area contributed by atoms with Gasteiger partial charge in [-0.2, -0.15) is 0 Å². The number of anilines is 4. The van der Waals surface area contributed by atoms with Crippen molar-refractivity contribution in [3.05, 3.63) is 101 Å². The van der Waals surface area contributed by atoms with Gasteiger partial charge in [0.25, 0.3) is 11.8 Å². The van der Waals surface area contributed by atoms with E-state index >= 15 is 8.78 Å². The fourth-order valence-electron chi connectivity index (χ4n) is 10.6. The zero-order valence-electron chi connectivity index (χ0n) is 36.3. The van der Waals surface area contributed by atoms with Gasteiger partial charge in [0.2, 0.25) is 17.7 Å². The molecule has 2 atom stereocenters. The van der Waals surface area contributed by atoms with Crippen molar-refractivity contribution < 1.29 is 37.9 Å². The first-order valence-corrected chi connectivity index (χ1v) is 23.4. The third kappa shape index (κ3) is 7.94. The van der Waals surface area contributed by atoms with Crippen LogP contribution < -0.4 is 25.8 Å². The van der Waals surface area contributed by atoms with Crippen molar-refractivity contribution >= 4 is 63.2 Å². The molecule has 6 aliphatic rings. The Balaban J connectivity index is 0.675. The molecule has 9 heterocycles. The molecule has 2 aromatic carbocycles. The van der Waals surface area contributed by atoms with Crippen molar-refractivity contribution in [3.63, 3.8) is 0 Å². The van der Waals surface area contributed by atoms with Gasteiger partial charge in [-0.3, -0.25) is 34.6 Å². The second-order valence-corrected chi connectivity index (χ2v) is 19.6. The predicted octanol–water partition coefficient (Wildman–Crippen LogP) is 4.25. The van der Waals surface area contributed by atoms with Gasteiger partial charge in [-0.15, -0.1) is 11.3 Å². The molecular formula is C47H47F2N11O6S. The van der Waals surface area contributed by atoms with E-state index in [1.165, 1.54) is 28.4 Å². The second kappa shape index (κ2) is 16.5. The summed E-state index contributed by atoms with van der Waals surface area (Å²) in [6, 6.07) is 9.71. The van der Waals surface area contributed by atoms with Crippen LogP contribution in [0.4, 0.5) is 31.1 Å². The Morgan fingerprint density at radius 3 is 2.48 bits per heavy atom. The summed E-state index contributed by atoms with van der Waals surface area (Å²) in [5.74, 6) is -2.08. The normalized spacial score (nSPS) is 20.8. The molecule has 20 heteroatoms. The molecular weight excluding hydrogens is 885 g/mol. The highest BCUT2D eigenvalue weighted by Gasteiger charge is 2.54. The molecule has 346 valence electrons. The molecule has 4 saturated heterocycles. The highest BCUT2D eigenvalue weighted by Crippen LogP contribution is 2.43. The third-order valence-corrected chi connectivity index (χ3v) is 14.9. The highest BCUT2D eigenvalue weighted by molar-refractivity contribution is 7.13. The summed E-state index contributed by atoms with van der Waals surface area (Å²) in [6.45, 7) is 3.97. The van der Waals surface area contributed by atoms with Gasteiger partial charge in [0.05, 0.1) is 36.3 Å². The van der Waals surface area contributed by atoms with E-state index in [0.717, 1.165) is 30.9 Å². The molecule has 67 heavy (non-hydrogen) atoms. The van der Waals surface area contributed by atoms with Crippen LogP contribution in [0.25, 0.3) is 11.1 Å². The van der Waals surface area contributed by atoms with Crippen LogP contribution in [0, 0.1) is 17.0 Å². The van der Waals surface area contributed by atoms with Crippen LogP contribution in [0.1, 0.15) is 71.9 Å². The highest BCUT2D eigenvalue weighted by atomic mass is 32.1. The molecule has 5 amide bonds. The number of hydrogen-bond donors (Lipinski definition) is 4. The van der Waals surface area contributed by atoms with Gasteiger partial charge in [0.1, 0.15) is 23.5 Å². The summed E-state index contributed by atoms with van der Waals surface area (Å²) in [5.41, 5.74) is 2.43. The molecule has 0 aliphatic carbocycles. The number of nitrogens with zero attached hydrogens (tertiary/aromatic N) is 8. The number of piperidine rings is 2. The standard InChI is InChI=1S/C47H47F2N11O6S/c48-32-17-28(16-30-31(32)21-60(44(30)65)41(43(64)55-45-50-11-15-67-45)40-36-2-1-12-57(36)26-52-40)27-3-7-37(51-20-27)58-22-46(23-58)24-59(25-46)39(62)19-47(66)9-13-56(14-10-47)35-6-4-29(18-33(35)49)53-34-5-8-38(61)54-42(34)63/h3-4,6-7,11,15-18,20,26,34,41,53,66H,1-2,5,8-10,12-14,19,21-25H2,(H,50,55,64)(H,54,61,63). The molecule has 2 unspecified atom stereocenters. The minimum Gasteiger partial charge on any atom is -0.389 e. The van der Waals surface area contributed by atoms with E-state index in [1.807, 2.05) is 21.6 Å². The maximum Gasteiger partial charge on any atom is 0.255 e. The Bertz CT molecular complexity index is 2820. The van der Waals surface area contributed by atoms with Crippen LogP contribution in [-0.2, 0) is 38.7 Å². The Labute approximate surface area is 387 Å². The summed E-state index contributed by atoms with van der Waals surface area (Å²) in [6.07, 6.45) is 7.68. The average molecular weight is 932 g/mol. The number of aryl methyl sites for hydroxylation is 1. The summed E-state index contributed by atoms with van der Waals surface area (Å²) < 4.78 is 33.2. The van der Waals surface area contributed by atoms with Crippen molar-refractivity contribution in [1.82, 2.24) is 34.6 Å². The molecule has 6 aliphatic heterocycles. The number of fused-ring (bicyclic) bond motifs is 2. The van der Waals surface area contributed by atoms with Gasteiger partial charge < -0.3 is 34.6 Å². The molecule has 11 rings (SSSR count). The SMILES string of the molecule is O=C1CCC(Nc2ccc(N3CCC(O)(CC(=O)N4CC5(C4)CN(c4ccc(-c6cc(F)c7c(c6)C(=O)N(C(C(=O)Nc6nccs6)c6ncn8c6CCC8)C7)cn4)C5)CC3)c(F)c2)C(=O)N1. The molecule has 5 aromatic rings. The lowest BCUT2D eigenvalue weighted by Crippen LogP contribution is -2.73. The Morgan fingerprint density at radius 2 is 1.75 bits per heavy atom. The number of halogens is 2. The number of thiazole rings is 1. The molecule has 1 spiro atoms. The maximum atomic E-state index is 15.9. The predicted molar refractivity (Wildman–Crippen MR) is 242 cm³/mol. The van der Waals surface area contributed by atoms with Crippen molar-refractivity contribution in [2.45, 2.75) is 75.7 Å². The van der Waals surface area contributed by atoms with Crippen LogP contribution in [0.3, 0.4) is 0 Å². The minimum atomic E-state index is -1.20. The van der Waals surface area contributed by atoms with Crippen LogP contribution >= 0.6 is 11.3 Å². The van der Waals surface area contributed by atoms with Gasteiger partial charge in [-0.1, -0.05) is 0 Å². The zero-order chi connectivity index (χ0) is 46.2. The number of rotatable bonds is 11. The van der Waals surface area contributed by atoms with Crippen molar-refractivity contribution in [2.24, 2.45) is 5.41 Å². The largest absolute Gasteiger partial charge is 0.389 e. The quantitative estimate of drug-likeness (QED) is 0.138. The summed E-state index contributed by atoms with van der Waals surface area (Å²) >= 11 is 1.26. The Kier molecular flexibility index (Phi) is 10.6. The lowest BCUT2D eigenvalue weighted by Gasteiger charge is -2.60. The fourth-order valence-corrected chi connectivity index (χ4v) is 11.1. The lowest BCUT2D eigenvalue weighted by molar-refractivity contribution is -0.151. The van der Waals surface area contributed by atoms with Gasteiger partial charge in [-0.05, 0) is 80.1 Å². The van der Waals surface area contributed by atoms with Gasteiger partial charge >= 0.3 is 0 Å². The molecule has 3 aromatic heterocycles. The number of carbonyl (C=O) groups is 5. The summed E-state index contributed by atoms with van der Waals surface area (Å²) in [4.78, 5) is 85.5. The van der Waals surface area contributed by atoms with E-state index in [2.05, 4.69) is 35.8 Å². The van der Waals surface area contributed by atoms with Gasteiger partial charge in [-0.25, -0.2) is 23.7 Å². The minimum absolute atomic E-state index is 0.0105. The molecule has 4 N–H and O–H groups in total. The first-order chi connectivity index (χ1) is 32.3. The Hall–Kier alpha value is -6.80. The monoisotopic (exact) mass is 931 g/mol. The van der Waals surface area contributed by atoms with E-state index < -0.39 is 47.0 Å². The first kappa shape index (κ1) is 42.8. The second-order valence-electron chi connectivity index (χ2n) is 18.7. The third-order valence-electron chi connectivity index (χ3n) is 14.2. The topological polar surface area (TPSA) is 198 Å². The maximum absolute atomic E-state index is 15.9. The number of imidazole rings is 1. The number of pyridine rings is 1. The van der Waals surface area contributed by atoms with Gasteiger partial charge in [0.15, 0.2) is 11.2 Å². The molecule has 17 nitrogen and oxygen atoms in total. The number of hydrogen-bond acceptors (Lipinski definition) is 13. The number of likely N-dealkylation sites (tertiary alicyclic amines) is 1. The fraction of sp³-hybridized carbons (Fsp3) is 0.404. The number of imide groups is 1. The van der Waals surface area contributed by atoms with Crippen LogP contribution in [-0.4, -0.2) is 115 Å². The number of carbonyl (C=O) groups excluding carboxylic acids is 5. The average Bonchev–Trinajstić information content (AvgIpc) is 4.10. The first-order valence-electron chi connectivity index (χ1n) is 22.5. The van der Waals surface area contributed by atoms with Crippen molar-refractivity contribution in [3.8, 4) is 11.1 Å². The summed E-state index contributed by atoms with van der Waals surface area (Å²) in [5, 5.41) is 21.7. The van der Waals surface area contributed by atoms with E-state index in [9.17, 15) is 29.1 Å². The van der Waals surface area contributed by atoms with Crippen LogP contribution in [0.15, 0.2) is 66.6 Å². The smallest absolute Gasteiger partial charge is 0.255 e. The van der Waals surface area contributed by atoms with E-state index in [1.54, 1.807) is 47.2 Å². The number of aromatic nitrogens is 4.